The summed E-state index contributed by atoms with van der Waals surface area (Å²) in [6, 6.07) is 2.93. The average molecular weight is 292 g/mol. The number of aryl methyl sites for hydroxylation is 1. The van der Waals surface area contributed by atoms with Crippen LogP contribution in [-0.2, 0) is 13.1 Å². The molecule has 2 rings (SSSR count). The molecule has 120 valence electrons. The molecule has 0 aromatic carbocycles. The summed E-state index contributed by atoms with van der Waals surface area (Å²) >= 11 is 0. The summed E-state index contributed by atoms with van der Waals surface area (Å²) in [5, 5.41) is 3.49. The van der Waals surface area contributed by atoms with E-state index in [1.54, 1.807) is 0 Å². The van der Waals surface area contributed by atoms with Gasteiger partial charge in [0.15, 0.2) is 0 Å². The average Bonchev–Trinajstić information content (AvgIpc) is 2.61. The van der Waals surface area contributed by atoms with Crippen LogP contribution in [0.2, 0.25) is 0 Å². The van der Waals surface area contributed by atoms with E-state index in [0.29, 0.717) is 6.04 Å². The van der Waals surface area contributed by atoms with Gasteiger partial charge in [0.25, 0.3) is 0 Å². The summed E-state index contributed by atoms with van der Waals surface area (Å²) in [6.45, 7) is 14.1. The molecule has 1 aromatic rings. The summed E-state index contributed by atoms with van der Waals surface area (Å²) in [5.41, 5.74) is 1.48. The van der Waals surface area contributed by atoms with E-state index in [1.807, 2.05) is 0 Å². The number of hydrogen-bond acceptors (Lipinski definition) is 3. The Labute approximate surface area is 130 Å². The Kier molecular flexibility index (Phi) is 5.50. The van der Waals surface area contributed by atoms with Crippen LogP contribution in [0.15, 0.2) is 10.5 Å². The van der Waals surface area contributed by atoms with Gasteiger partial charge < -0.3 is 9.73 Å². The third kappa shape index (κ3) is 5.15. The minimum Gasteiger partial charge on any atom is -0.465 e. The van der Waals surface area contributed by atoms with E-state index in [1.165, 1.54) is 37.8 Å². The van der Waals surface area contributed by atoms with Crippen molar-refractivity contribution in [1.82, 2.24) is 10.2 Å². The molecule has 3 heteroatoms. The Hall–Kier alpha value is -0.800. The second-order valence-electron chi connectivity index (χ2n) is 7.57. The number of likely N-dealkylation sites (tertiary alicyclic amines) is 1. The molecule has 1 aliphatic rings. The quantitative estimate of drug-likeness (QED) is 0.899. The van der Waals surface area contributed by atoms with E-state index in [0.717, 1.165) is 24.6 Å². The zero-order valence-electron chi connectivity index (χ0n) is 14.5. The summed E-state index contributed by atoms with van der Waals surface area (Å²) in [5.74, 6) is 2.14. The van der Waals surface area contributed by atoms with E-state index >= 15 is 0 Å². The van der Waals surface area contributed by atoms with Crippen molar-refractivity contribution < 1.29 is 4.42 Å². The number of furan rings is 1. The largest absolute Gasteiger partial charge is 0.465 e. The van der Waals surface area contributed by atoms with Gasteiger partial charge in [-0.2, -0.15) is 0 Å². The van der Waals surface area contributed by atoms with E-state index in [4.69, 9.17) is 4.42 Å². The van der Waals surface area contributed by atoms with Crippen molar-refractivity contribution in [2.45, 2.75) is 85.0 Å². The molecule has 3 nitrogen and oxygen atoms in total. The molecule has 0 aliphatic carbocycles. The monoisotopic (exact) mass is 292 g/mol. The Bertz CT molecular complexity index is 445. The molecule has 1 aliphatic heterocycles. The Morgan fingerprint density at radius 1 is 1.29 bits per heavy atom. The van der Waals surface area contributed by atoms with E-state index in [2.05, 4.69) is 50.9 Å². The van der Waals surface area contributed by atoms with Gasteiger partial charge in [0, 0.05) is 23.7 Å². The first-order chi connectivity index (χ1) is 9.85. The third-order valence-electron chi connectivity index (χ3n) is 4.43. The maximum Gasteiger partial charge on any atom is 0.118 e. The molecule has 0 bridgehead atoms. The lowest BCUT2D eigenvalue weighted by atomic mass is 10.1. The first-order valence-corrected chi connectivity index (χ1v) is 8.42. The lowest BCUT2D eigenvalue weighted by Crippen LogP contribution is -2.34. The van der Waals surface area contributed by atoms with Crippen LogP contribution >= 0.6 is 0 Å². The summed E-state index contributed by atoms with van der Waals surface area (Å²) in [4.78, 5) is 2.62. The highest BCUT2D eigenvalue weighted by Gasteiger charge is 2.19. The molecule has 1 fully saturated rings. The molecule has 2 heterocycles. The van der Waals surface area contributed by atoms with Gasteiger partial charge in [0.05, 0.1) is 6.54 Å². The SMILES string of the molecule is Cc1oc(CNC(C)(C)C)cc1CN1CCCCCC1C. The topological polar surface area (TPSA) is 28.4 Å². The molecular formula is C18H32N2O. The molecule has 21 heavy (non-hydrogen) atoms. The minimum atomic E-state index is 0.125. The molecular weight excluding hydrogens is 260 g/mol. The normalized spacial score (nSPS) is 21.5. The summed E-state index contributed by atoms with van der Waals surface area (Å²) < 4.78 is 5.93. The highest BCUT2D eigenvalue weighted by atomic mass is 16.3. The fraction of sp³-hybridized carbons (Fsp3) is 0.778. The second kappa shape index (κ2) is 6.97. The maximum absolute atomic E-state index is 5.93. The van der Waals surface area contributed by atoms with Crippen molar-refractivity contribution in [1.29, 1.82) is 0 Å². The van der Waals surface area contributed by atoms with Gasteiger partial charge in [-0.25, -0.2) is 0 Å². The molecule has 1 unspecified atom stereocenters. The summed E-state index contributed by atoms with van der Waals surface area (Å²) in [7, 11) is 0. The van der Waals surface area contributed by atoms with Gasteiger partial charge in [0.1, 0.15) is 11.5 Å². The molecule has 1 aromatic heterocycles. The minimum absolute atomic E-state index is 0.125. The maximum atomic E-state index is 5.93. The number of nitrogens with zero attached hydrogens (tertiary/aromatic N) is 1. The number of rotatable bonds is 4. The van der Waals surface area contributed by atoms with Crippen LogP contribution in [0.4, 0.5) is 0 Å². The molecule has 0 radical (unpaired) electrons. The molecule has 0 spiro atoms. The van der Waals surface area contributed by atoms with Crippen molar-refractivity contribution in [3.63, 3.8) is 0 Å². The molecule has 1 atom stereocenters. The second-order valence-corrected chi connectivity index (χ2v) is 7.57. The van der Waals surface area contributed by atoms with Crippen molar-refractivity contribution >= 4 is 0 Å². The van der Waals surface area contributed by atoms with Gasteiger partial charge in [0.2, 0.25) is 0 Å². The van der Waals surface area contributed by atoms with Crippen LogP contribution in [0, 0.1) is 6.92 Å². The predicted octanol–water partition coefficient (Wildman–Crippen LogP) is 4.24. The van der Waals surface area contributed by atoms with Gasteiger partial charge in [-0.1, -0.05) is 12.8 Å². The predicted molar refractivity (Wildman–Crippen MR) is 88.4 cm³/mol. The fourth-order valence-corrected chi connectivity index (χ4v) is 2.97. The van der Waals surface area contributed by atoms with Crippen molar-refractivity contribution in [2.75, 3.05) is 6.54 Å². The number of hydrogen-bond donors (Lipinski definition) is 1. The van der Waals surface area contributed by atoms with Gasteiger partial charge in [-0.15, -0.1) is 0 Å². The lowest BCUT2D eigenvalue weighted by Gasteiger charge is -2.26. The highest BCUT2D eigenvalue weighted by Crippen LogP contribution is 2.22. The summed E-state index contributed by atoms with van der Waals surface area (Å²) in [6.07, 6.45) is 5.42. The first-order valence-electron chi connectivity index (χ1n) is 8.42. The van der Waals surface area contributed by atoms with E-state index in [9.17, 15) is 0 Å². The van der Waals surface area contributed by atoms with Crippen LogP contribution < -0.4 is 5.32 Å². The number of nitrogens with one attached hydrogen (secondary N) is 1. The van der Waals surface area contributed by atoms with Crippen LogP contribution in [0.3, 0.4) is 0 Å². The van der Waals surface area contributed by atoms with Gasteiger partial charge >= 0.3 is 0 Å². The molecule has 0 amide bonds. The Morgan fingerprint density at radius 3 is 2.76 bits per heavy atom. The fourth-order valence-electron chi connectivity index (χ4n) is 2.97. The van der Waals surface area contributed by atoms with Crippen molar-refractivity contribution in [2.24, 2.45) is 0 Å². The Morgan fingerprint density at radius 2 is 2.05 bits per heavy atom. The zero-order valence-corrected chi connectivity index (χ0v) is 14.5. The van der Waals surface area contributed by atoms with Crippen LogP contribution in [-0.4, -0.2) is 23.0 Å². The Balaban J connectivity index is 1.98. The van der Waals surface area contributed by atoms with E-state index < -0.39 is 0 Å². The lowest BCUT2D eigenvalue weighted by molar-refractivity contribution is 0.204. The van der Waals surface area contributed by atoms with Crippen LogP contribution in [0.1, 0.15) is 70.5 Å². The zero-order chi connectivity index (χ0) is 15.5. The standard InChI is InChI=1S/C18H32N2O/c1-14-9-7-6-8-10-20(14)13-16-11-17(21-15(16)2)12-19-18(3,4)5/h11,14,19H,6-10,12-13H2,1-5H3. The smallest absolute Gasteiger partial charge is 0.118 e. The van der Waals surface area contributed by atoms with Crippen LogP contribution in [0.5, 0.6) is 0 Å². The van der Waals surface area contributed by atoms with Gasteiger partial charge in [-0.05, 0) is 60.1 Å². The van der Waals surface area contributed by atoms with Gasteiger partial charge in [-0.3, -0.25) is 4.90 Å². The third-order valence-corrected chi connectivity index (χ3v) is 4.43. The molecule has 1 saturated heterocycles. The highest BCUT2D eigenvalue weighted by molar-refractivity contribution is 5.21. The molecule has 0 saturated carbocycles. The van der Waals surface area contributed by atoms with Crippen molar-refractivity contribution in [3.05, 3.63) is 23.2 Å². The van der Waals surface area contributed by atoms with E-state index in [-0.39, 0.29) is 5.54 Å². The van der Waals surface area contributed by atoms with Crippen molar-refractivity contribution in [3.8, 4) is 0 Å². The first kappa shape index (κ1) is 16.6. The van der Waals surface area contributed by atoms with Crippen LogP contribution in [0.25, 0.3) is 0 Å². The molecule has 1 N–H and O–H groups in total.